The molecule has 4 nitrogen and oxygen atoms in total. The Kier molecular flexibility index (Phi) is 3.50. The van der Waals surface area contributed by atoms with E-state index in [0.717, 1.165) is 25.9 Å². The van der Waals surface area contributed by atoms with E-state index in [0.29, 0.717) is 6.42 Å². The number of likely N-dealkylation sites (tertiary alicyclic amines) is 1. The van der Waals surface area contributed by atoms with E-state index in [2.05, 4.69) is 11.9 Å². The maximum absolute atomic E-state index is 11.3. The van der Waals surface area contributed by atoms with Gasteiger partial charge in [0.15, 0.2) is 0 Å². The number of amides is 1. The third-order valence-corrected chi connectivity index (χ3v) is 3.40. The second-order valence-electron chi connectivity index (χ2n) is 4.36. The molecular weight excluding hydrogens is 178 g/mol. The molecule has 0 aromatic rings. The average Bonchev–Trinajstić information content (AvgIpc) is 2.16. The van der Waals surface area contributed by atoms with Gasteiger partial charge < -0.3 is 16.4 Å². The first kappa shape index (κ1) is 11.5. The molecule has 2 atom stereocenters. The predicted octanol–water partition coefficient (Wildman–Crippen LogP) is -0.0790. The summed E-state index contributed by atoms with van der Waals surface area (Å²) in [6.07, 6.45) is 2.74. The van der Waals surface area contributed by atoms with Crippen LogP contribution in [-0.2, 0) is 4.79 Å². The van der Waals surface area contributed by atoms with Crippen molar-refractivity contribution in [2.45, 2.75) is 31.7 Å². The van der Waals surface area contributed by atoms with Crippen molar-refractivity contribution in [3.8, 4) is 0 Å². The van der Waals surface area contributed by atoms with Gasteiger partial charge in [0.2, 0.25) is 5.91 Å². The number of hydrogen-bond acceptors (Lipinski definition) is 3. The minimum Gasteiger partial charge on any atom is -0.368 e. The van der Waals surface area contributed by atoms with Crippen LogP contribution in [0, 0.1) is 5.92 Å². The highest BCUT2D eigenvalue weighted by atomic mass is 16.1. The van der Waals surface area contributed by atoms with Gasteiger partial charge in [-0.1, -0.05) is 6.92 Å². The van der Waals surface area contributed by atoms with Crippen LogP contribution in [0.25, 0.3) is 0 Å². The van der Waals surface area contributed by atoms with Gasteiger partial charge in [0, 0.05) is 6.54 Å². The summed E-state index contributed by atoms with van der Waals surface area (Å²) < 4.78 is 0. The smallest absolute Gasteiger partial charge is 0.237 e. The maximum atomic E-state index is 11.3. The zero-order valence-corrected chi connectivity index (χ0v) is 9.12. The number of primary amides is 1. The topological polar surface area (TPSA) is 72.3 Å². The number of nitrogens with zero attached hydrogens (tertiary/aromatic N) is 1. The summed E-state index contributed by atoms with van der Waals surface area (Å²) in [5, 5.41) is 0. The van der Waals surface area contributed by atoms with Crippen molar-refractivity contribution >= 4 is 5.91 Å². The summed E-state index contributed by atoms with van der Waals surface area (Å²) in [5.41, 5.74) is 10.6. The molecule has 0 radical (unpaired) electrons. The summed E-state index contributed by atoms with van der Waals surface area (Å²) in [4.78, 5) is 13.6. The normalized spacial score (nSPS) is 28.4. The minimum absolute atomic E-state index is 0.212. The van der Waals surface area contributed by atoms with Gasteiger partial charge in [-0.15, -0.1) is 0 Å². The van der Waals surface area contributed by atoms with Crippen molar-refractivity contribution in [3.05, 3.63) is 0 Å². The summed E-state index contributed by atoms with van der Waals surface area (Å²) in [6, 6.07) is 0. The Bertz CT molecular complexity index is 219. The van der Waals surface area contributed by atoms with Gasteiger partial charge in [0.1, 0.15) is 0 Å². The molecule has 0 saturated carbocycles. The van der Waals surface area contributed by atoms with Crippen molar-refractivity contribution in [1.29, 1.82) is 0 Å². The Labute approximate surface area is 85.6 Å². The quantitative estimate of drug-likeness (QED) is 0.668. The van der Waals surface area contributed by atoms with E-state index >= 15 is 0 Å². The predicted molar refractivity (Wildman–Crippen MR) is 56.6 cm³/mol. The van der Waals surface area contributed by atoms with Crippen LogP contribution < -0.4 is 11.5 Å². The Balaban J connectivity index is 2.73. The number of carbonyl (C=O) groups is 1. The lowest BCUT2D eigenvalue weighted by Crippen LogP contribution is -2.60. The van der Waals surface area contributed by atoms with E-state index < -0.39 is 5.54 Å². The summed E-state index contributed by atoms with van der Waals surface area (Å²) >= 11 is 0. The standard InChI is InChI=1S/C10H21N3O/c1-3-10(12,9(11)14)8-5-4-6-13(2)7-8/h8H,3-7,12H2,1-2H3,(H2,11,14). The van der Waals surface area contributed by atoms with Crippen LogP contribution in [0.2, 0.25) is 0 Å². The number of nitrogens with two attached hydrogens (primary N) is 2. The molecule has 1 amide bonds. The van der Waals surface area contributed by atoms with Crippen LogP contribution in [0.4, 0.5) is 0 Å². The molecule has 0 bridgehead atoms. The van der Waals surface area contributed by atoms with E-state index in [1.165, 1.54) is 0 Å². The third-order valence-electron chi connectivity index (χ3n) is 3.40. The van der Waals surface area contributed by atoms with Crippen molar-refractivity contribution in [2.75, 3.05) is 20.1 Å². The van der Waals surface area contributed by atoms with Gasteiger partial charge in [0.25, 0.3) is 0 Å². The Morgan fingerprint density at radius 2 is 2.29 bits per heavy atom. The SMILES string of the molecule is CCC(N)(C(N)=O)C1CCCN(C)C1. The van der Waals surface area contributed by atoms with Crippen molar-refractivity contribution in [2.24, 2.45) is 17.4 Å². The van der Waals surface area contributed by atoms with E-state index in [-0.39, 0.29) is 11.8 Å². The van der Waals surface area contributed by atoms with Crippen molar-refractivity contribution in [1.82, 2.24) is 4.90 Å². The van der Waals surface area contributed by atoms with Crippen LogP contribution in [0.3, 0.4) is 0 Å². The zero-order valence-electron chi connectivity index (χ0n) is 9.12. The zero-order chi connectivity index (χ0) is 10.8. The van der Waals surface area contributed by atoms with E-state index in [9.17, 15) is 4.79 Å². The molecular formula is C10H21N3O. The highest BCUT2D eigenvalue weighted by molar-refractivity contribution is 5.84. The number of piperidine rings is 1. The highest BCUT2D eigenvalue weighted by Gasteiger charge is 2.40. The van der Waals surface area contributed by atoms with Crippen molar-refractivity contribution < 1.29 is 4.79 Å². The monoisotopic (exact) mass is 199 g/mol. The van der Waals surface area contributed by atoms with Crippen LogP contribution in [0.15, 0.2) is 0 Å². The van der Waals surface area contributed by atoms with Crippen LogP contribution in [0.5, 0.6) is 0 Å². The molecule has 14 heavy (non-hydrogen) atoms. The molecule has 4 N–H and O–H groups in total. The average molecular weight is 199 g/mol. The Morgan fingerprint density at radius 3 is 2.71 bits per heavy atom. The molecule has 0 aliphatic carbocycles. The molecule has 1 heterocycles. The minimum atomic E-state index is -0.811. The molecule has 1 saturated heterocycles. The van der Waals surface area contributed by atoms with Gasteiger partial charge in [-0.05, 0) is 38.8 Å². The number of carbonyl (C=O) groups excluding carboxylic acids is 1. The third kappa shape index (κ3) is 2.07. The van der Waals surface area contributed by atoms with Crippen LogP contribution in [0.1, 0.15) is 26.2 Å². The van der Waals surface area contributed by atoms with Crippen LogP contribution in [-0.4, -0.2) is 36.5 Å². The molecule has 1 aliphatic heterocycles. The van der Waals surface area contributed by atoms with E-state index in [1.807, 2.05) is 6.92 Å². The number of rotatable bonds is 3. The van der Waals surface area contributed by atoms with Gasteiger partial charge in [0.05, 0.1) is 5.54 Å². The van der Waals surface area contributed by atoms with Gasteiger partial charge in [-0.2, -0.15) is 0 Å². The first-order valence-electron chi connectivity index (χ1n) is 5.28. The van der Waals surface area contributed by atoms with Gasteiger partial charge in [-0.25, -0.2) is 0 Å². The van der Waals surface area contributed by atoms with Crippen molar-refractivity contribution in [3.63, 3.8) is 0 Å². The summed E-state index contributed by atoms with van der Waals surface area (Å²) in [7, 11) is 2.06. The number of hydrogen-bond donors (Lipinski definition) is 2. The Hall–Kier alpha value is -0.610. The second kappa shape index (κ2) is 4.28. The van der Waals surface area contributed by atoms with Gasteiger partial charge >= 0.3 is 0 Å². The highest BCUT2D eigenvalue weighted by Crippen LogP contribution is 2.27. The lowest BCUT2D eigenvalue weighted by molar-refractivity contribution is -0.126. The lowest BCUT2D eigenvalue weighted by Gasteiger charge is -2.39. The lowest BCUT2D eigenvalue weighted by atomic mass is 9.77. The first-order valence-corrected chi connectivity index (χ1v) is 5.28. The summed E-state index contributed by atoms with van der Waals surface area (Å²) in [5.74, 6) is -0.149. The summed E-state index contributed by atoms with van der Waals surface area (Å²) in [6.45, 7) is 3.90. The van der Waals surface area contributed by atoms with Crippen LogP contribution >= 0.6 is 0 Å². The molecule has 1 rings (SSSR count). The maximum Gasteiger partial charge on any atom is 0.237 e. The molecule has 2 unspecified atom stereocenters. The molecule has 1 aliphatic rings. The first-order chi connectivity index (χ1) is 6.50. The molecule has 1 fully saturated rings. The molecule has 4 heteroatoms. The second-order valence-corrected chi connectivity index (χ2v) is 4.36. The largest absolute Gasteiger partial charge is 0.368 e. The fourth-order valence-corrected chi connectivity index (χ4v) is 2.25. The molecule has 0 spiro atoms. The molecule has 0 aromatic carbocycles. The van der Waals surface area contributed by atoms with E-state index in [4.69, 9.17) is 11.5 Å². The molecule has 82 valence electrons. The van der Waals surface area contributed by atoms with E-state index in [1.54, 1.807) is 0 Å². The fourth-order valence-electron chi connectivity index (χ4n) is 2.25. The van der Waals surface area contributed by atoms with Gasteiger partial charge in [-0.3, -0.25) is 4.79 Å². The fraction of sp³-hybridized carbons (Fsp3) is 0.900. The molecule has 0 aromatic heterocycles. The Morgan fingerprint density at radius 1 is 1.64 bits per heavy atom.